The molecule has 0 spiro atoms. The van der Waals surface area contributed by atoms with Gasteiger partial charge >= 0.3 is 0 Å². The lowest BCUT2D eigenvalue weighted by molar-refractivity contribution is -0.384. The molecule has 0 saturated carbocycles. The first-order valence-electron chi connectivity index (χ1n) is 8.02. The predicted molar refractivity (Wildman–Crippen MR) is 89.2 cm³/mol. The summed E-state index contributed by atoms with van der Waals surface area (Å²) in [6, 6.07) is 4.50. The van der Waals surface area contributed by atoms with E-state index >= 15 is 0 Å². The number of piperidine rings is 1. The Morgan fingerprint density at radius 3 is 2.96 bits per heavy atom. The van der Waals surface area contributed by atoms with Gasteiger partial charge in [-0.2, -0.15) is 0 Å². The van der Waals surface area contributed by atoms with Crippen molar-refractivity contribution in [1.82, 2.24) is 4.90 Å². The normalized spacial score (nSPS) is 18.2. The highest BCUT2D eigenvalue weighted by Gasteiger charge is 2.25. The molecule has 132 valence electrons. The van der Waals surface area contributed by atoms with Crippen molar-refractivity contribution < 1.29 is 19.6 Å². The maximum absolute atomic E-state index is 12.3. The van der Waals surface area contributed by atoms with Crippen LogP contribution in [0.2, 0.25) is 0 Å². The second-order valence-electron chi connectivity index (χ2n) is 5.82. The molecule has 1 unspecified atom stereocenters. The van der Waals surface area contributed by atoms with Gasteiger partial charge in [-0.3, -0.25) is 19.8 Å². The number of nitrogens with zero attached hydrogens (tertiary/aromatic N) is 2. The number of nitrogens with one attached hydrogen (secondary N) is 1. The maximum atomic E-state index is 12.3. The van der Waals surface area contributed by atoms with E-state index in [1.165, 1.54) is 19.2 Å². The number of benzene rings is 1. The first-order valence-corrected chi connectivity index (χ1v) is 8.02. The Hall–Kier alpha value is -2.19. The molecule has 1 heterocycles. The zero-order chi connectivity index (χ0) is 17.5. The van der Waals surface area contributed by atoms with Crippen molar-refractivity contribution >= 4 is 17.3 Å². The minimum atomic E-state index is -0.548. The number of nitro groups is 1. The fourth-order valence-corrected chi connectivity index (χ4v) is 3.01. The lowest BCUT2D eigenvalue weighted by Crippen LogP contribution is -2.44. The number of likely N-dealkylation sites (tertiary alicyclic amines) is 1. The highest BCUT2D eigenvalue weighted by Crippen LogP contribution is 2.29. The molecule has 2 N–H and O–H groups in total. The minimum absolute atomic E-state index is 0.0900. The summed E-state index contributed by atoms with van der Waals surface area (Å²) in [7, 11) is 1.43. The molecular weight excluding hydrogens is 314 g/mol. The Balaban J connectivity index is 2.05. The van der Waals surface area contributed by atoms with Crippen LogP contribution in [0.15, 0.2) is 18.2 Å². The first kappa shape index (κ1) is 18.2. The number of rotatable bonds is 7. The summed E-state index contributed by atoms with van der Waals surface area (Å²) in [4.78, 5) is 24.9. The molecule has 2 rings (SSSR count). The van der Waals surface area contributed by atoms with Gasteiger partial charge in [0, 0.05) is 12.6 Å². The Bertz CT molecular complexity index is 591. The Morgan fingerprint density at radius 2 is 2.29 bits per heavy atom. The highest BCUT2D eigenvalue weighted by atomic mass is 16.6. The molecule has 1 aromatic rings. The average molecular weight is 337 g/mol. The summed E-state index contributed by atoms with van der Waals surface area (Å²) in [5.41, 5.74) is -0.0465. The number of ether oxygens (including phenoxy) is 1. The zero-order valence-electron chi connectivity index (χ0n) is 13.7. The van der Waals surface area contributed by atoms with Gasteiger partial charge < -0.3 is 15.2 Å². The number of carbonyl (C=O) groups excluding carboxylic acids is 1. The predicted octanol–water partition coefficient (Wildman–Crippen LogP) is 1.78. The molecule has 1 atom stereocenters. The van der Waals surface area contributed by atoms with E-state index < -0.39 is 4.92 Å². The van der Waals surface area contributed by atoms with Crippen molar-refractivity contribution in [2.45, 2.75) is 31.7 Å². The second kappa shape index (κ2) is 8.60. The Morgan fingerprint density at radius 1 is 1.50 bits per heavy atom. The number of hydrogen-bond acceptors (Lipinski definition) is 6. The number of methoxy groups -OCH3 is 1. The van der Waals surface area contributed by atoms with Gasteiger partial charge in [0.25, 0.3) is 5.69 Å². The monoisotopic (exact) mass is 337 g/mol. The minimum Gasteiger partial charge on any atom is -0.496 e. The topological polar surface area (TPSA) is 105 Å². The SMILES string of the molecule is COc1ccc(NC(=O)CN2CCCCC2CCO)c([N+](=O)[O-])c1. The van der Waals surface area contributed by atoms with Crippen LogP contribution >= 0.6 is 0 Å². The molecule has 8 heteroatoms. The maximum Gasteiger partial charge on any atom is 0.296 e. The molecular formula is C16H23N3O5. The van der Waals surface area contributed by atoms with Crippen LogP contribution in [0.5, 0.6) is 5.75 Å². The third-order valence-electron chi connectivity index (χ3n) is 4.23. The fourth-order valence-electron chi connectivity index (χ4n) is 3.01. The average Bonchev–Trinajstić information content (AvgIpc) is 2.57. The molecule has 8 nitrogen and oxygen atoms in total. The molecule has 0 aromatic heterocycles. The van der Waals surface area contributed by atoms with Crippen LogP contribution in [0.1, 0.15) is 25.7 Å². The van der Waals surface area contributed by atoms with Gasteiger partial charge in [0.2, 0.25) is 5.91 Å². The number of carbonyl (C=O) groups is 1. The quantitative estimate of drug-likeness (QED) is 0.580. The van der Waals surface area contributed by atoms with Crippen LogP contribution in [0, 0.1) is 10.1 Å². The Kier molecular flexibility index (Phi) is 6.51. The van der Waals surface area contributed by atoms with E-state index in [-0.39, 0.29) is 36.5 Å². The summed E-state index contributed by atoms with van der Waals surface area (Å²) in [5, 5.41) is 22.9. The summed E-state index contributed by atoms with van der Waals surface area (Å²) < 4.78 is 4.98. The van der Waals surface area contributed by atoms with Gasteiger partial charge in [-0.1, -0.05) is 6.42 Å². The second-order valence-corrected chi connectivity index (χ2v) is 5.82. The summed E-state index contributed by atoms with van der Waals surface area (Å²) in [6.07, 6.45) is 3.69. The van der Waals surface area contributed by atoms with Crippen molar-refractivity contribution in [3.05, 3.63) is 28.3 Å². The van der Waals surface area contributed by atoms with Gasteiger partial charge in [0.05, 0.1) is 24.6 Å². The lowest BCUT2D eigenvalue weighted by Gasteiger charge is -2.34. The molecule has 1 amide bonds. The summed E-state index contributed by atoms with van der Waals surface area (Å²) >= 11 is 0. The highest BCUT2D eigenvalue weighted by molar-refractivity contribution is 5.94. The Labute approximate surface area is 140 Å². The van der Waals surface area contributed by atoms with Crippen molar-refractivity contribution in [3.8, 4) is 5.75 Å². The molecule has 1 aliphatic rings. The van der Waals surface area contributed by atoms with Crippen molar-refractivity contribution in [1.29, 1.82) is 0 Å². The third kappa shape index (κ3) is 4.65. The molecule has 24 heavy (non-hydrogen) atoms. The molecule has 1 aliphatic heterocycles. The largest absolute Gasteiger partial charge is 0.496 e. The number of hydrogen-bond donors (Lipinski definition) is 2. The number of nitro benzene ring substituents is 1. The first-order chi connectivity index (χ1) is 11.5. The van der Waals surface area contributed by atoms with Crippen LogP contribution in [-0.2, 0) is 4.79 Å². The molecule has 0 bridgehead atoms. The van der Waals surface area contributed by atoms with E-state index in [1.807, 2.05) is 4.90 Å². The van der Waals surface area contributed by atoms with Crippen molar-refractivity contribution in [2.75, 3.05) is 32.1 Å². The van der Waals surface area contributed by atoms with Crippen molar-refractivity contribution in [2.24, 2.45) is 0 Å². The molecule has 0 radical (unpaired) electrons. The lowest BCUT2D eigenvalue weighted by atomic mass is 9.99. The molecule has 1 saturated heterocycles. The number of amides is 1. The number of anilines is 1. The van der Waals surface area contributed by atoms with Crippen LogP contribution in [0.25, 0.3) is 0 Å². The third-order valence-corrected chi connectivity index (χ3v) is 4.23. The van der Waals surface area contributed by atoms with Crippen LogP contribution < -0.4 is 10.1 Å². The van der Waals surface area contributed by atoms with Gasteiger partial charge in [-0.05, 0) is 37.9 Å². The van der Waals surface area contributed by atoms with E-state index in [1.54, 1.807) is 6.07 Å². The van der Waals surface area contributed by atoms with Gasteiger partial charge in [0.1, 0.15) is 11.4 Å². The molecule has 0 aliphatic carbocycles. The smallest absolute Gasteiger partial charge is 0.296 e. The zero-order valence-corrected chi connectivity index (χ0v) is 13.7. The van der Waals surface area contributed by atoms with E-state index in [0.717, 1.165) is 25.8 Å². The van der Waals surface area contributed by atoms with E-state index in [0.29, 0.717) is 12.2 Å². The van der Waals surface area contributed by atoms with E-state index in [9.17, 15) is 14.9 Å². The molecule has 1 aromatic carbocycles. The van der Waals surface area contributed by atoms with Gasteiger partial charge in [-0.15, -0.1) is 0 Å². The van der Waals surface area contributed by atoms with Crippen molar-refractivity contribution in [3.63, 3.8) is 0 Å². The molecule has 1 fully saturated rings. The van der Waals surface area contributed by atoms with Gasteiger partial charge in [-0.25, -0.2) is 0 Å². The van der Waals surface area contributed by atoms with E-state index in [4.69, 9.17) is 9.84 Å². The van der Waals surface area contributed by atoms with Gasteiger partial charge in [0.15, 0.2) is 0 Å². The van der Waals surface area contributed by atoms with Crippen LogP contribution in [-0.4, -0.2) is 53.7 Å². The summed E-state index contributed by atoms with van der Waals surface area (Å²) in [5.74, 6) is 0.0619. The number of aliphatic hydroxyl groups excluding tert-OH is 1. The fraction of sp³-hybridized carbons (Fsp3) is 0.562. The standard InChI is InChI=1S/C16H23N3O5/c1-24-13-5-6-14(15(10-13)19(22)23)17-16(21)11-18-8-3-2-4-12(18)7-9-20/h5-6,10,12,20H,2-4,7-9,11H2,1H3,(H,17,21). The van der Waals surface area contributed by atoms with Crippen LogP contribution in [0.4, 0.5) is 11.4 Å². The van der Waals surface area contributed by atoms with Crippen LogP contribution in [0.3, 0.4) is 0 Å². The summed E-state index contributed by atoms with van der Waals surface area (Å²) in [6.45, 7) is 1.05. The number of aliphatic hydroxyl groups is 1. The van der Waals surface area contributed by atoms with E-state index in [2.05, 4.69) is 5.32 Å².